The SMILES string of the molecule is CCC(C)(CNC(=O)c1ccon1)NC(=O)c1ccon1. The van der Waals surface area contributed by atoms with Crippen LogP contribution in [0.25, 0.3) is 0 Å². The van der Waals surface area contributed by atoms with Gasteiger partial charge in [-0.25, -0.2) is 0 Å². The molecule has 0 aliphatic heterocycles. The third-order valence-corrected chi connectivity index (χ3v) is 3.18. The second-order valence-corrected chi connectivity index (χ2v) is 4.82. The van der Waals surface area contributed by atoms with Crippen molar-refractivity contribution < 1.29 is 18.6 Å². The molecule has 0 aliphatic carbocycles. The smallest absolute Gasteiger partial charge is 0.273 e. The second-order valence-electron chi connectivity index (χ2n) is 4.82. The molecule has 0 spiro atoms. The fourth-order valence-electron chi connectivity index (χ4n) is 1.62. The van der Waals surface area contributed by atoms with E-state index in [1.165, 1.54) is 24.7 Å². The average molecular weight is 292 g/mol. The minimum absolute atomic E-state index is 0.191. The van der Waals surface area contributed by atoms with E-state index in [0.717, 1.165) is 0 Å². The molecule has 2 N–H and O–H groups in total. The number of hydrogen-bond donors (Lipinski definition) is 2. The molecule has 0 aliphatic rings. The topological polar surface area (TPSA) is 110 Å². The van der Waals surface area contributed by atoms with E-state index in [9.17, 15) is 9.59 Å². The van der Waals surface area contributed by atoms with Gasteiger partial charge in [-0.3, -0.25) is 9.59 Å². The lowest BCUT2D eigenvalue weighted by Crippen LogP contribution is -2.53. The highest BCUT2D eigenvalue weighted by molar-refractivity contribution is 5.93. The van der Waals surface area contributed by atoms with Crippen molar-refractivity contribution in [1.29, 1.82) is 0 Å². The van der Waals surface area contributed by atoms with Crippen LogP contribution in [0.5, 0.6) is 0 Å². The fraction of sp³-hybridized carbons (Fsp3) is 0.385. The molecule has 21 heavy (non-hydrogen) atoms. The molecule has 8 nitrogen and oxygen atoms in total. The molecule has 2 aromatic heterocycles. The zero-order valence-electron chi connectivity index (χ0n) is 11.8. The van der Waals surface area contributed by atoms with Crippen molar-refractivity contribution in [1.82, 2.24) is 20.9 Å². The normalized spacial score (nSPS) is 13.4. The van der Waals surface area contributed by atoms with E-state index in [1.807, 2.05) is 13.8 Å². The highest BCUT2D eigenvalue weighted by Gasteiger charge is 2.27. The number of carbonyl (C=O) groups is 2. The summed E-state index contributed by atoms with van der Waals surface area (Å²) < 4.78 is 9.24. The Morgan fingerprint density at radius 3 is 2.19 bits per heavy atom. The Bertz CT molecular complexity index is 594. The summed E-state index contributed by atoms with van der Waals surface area (Å²) in [6, 6.07) is 2.94. The van der Waals surface area contributed by atoms with Crippen molar-refractivity contribution in [3.05, 3.63) is 36.0 Å². The zero-order valence-corrected chi connectivity index (χ0v) is 11.8. The van der Waals surface area contributed by atoms with Crippen LogP contribution in [0.1, 0.15) is 41.2 Å². The maximum atomic E-state index is 12.0. The van der Waals surface area contributed by atoms with Crippen LogP contribution < -0.4 is 10.6 Å². The molecule has 0 fully saturated rings. The summed E-state index contributed by atoms with van der Waals surface area (Å²) in [5, 5.41) is 12.7. The van der Waals surface area contributed by atoms with Crippen molar-refractivity contribution in [2.45, 2.75) is 25.8 Å². The van der Waals surface area contributed by atoms with E-state index in [0.29, 0.717) is 6.42 Å². The summed E-state index contributed by atoms with van der Waals surface area (Å²) in [4.78, 5) is 23.8. The van der Waals surface area contributed by atoms with Crippen molar-refractivity contribution >= 4 is 11.8 Å². The van der Waals surface area contributed by atoms with Crippen LogP contribution in [0, 0.1) is 0 Å². The Kier molecular flexibility index (Phi) is 4.36. The number of rotatable bonds is 6. The Labute approximate surface area is 120 Å². The van der Waals surface area contributed by atoms with Crippen LogP contribution in [0.4, 0.5) is 0 Å². The molecule has 0 saturated heterocycles. The lowest BCUT2D eigenvalue weighted by Gasteiger charge is -2.29. The van der Waals surface area contributed by atoms with Crippen molar-refractivity contribution in [2.75, 3.05) is 6.54 Å². The van der Waals surface area contributed by atoms with Gasteiger partial charge in [0.1, 0.15) is 12.5 Å². The number of hydrogen-bond acceptors (Lipinski definition) is 6. The lowest BCUT2D eigenvalue weighted by atomic mass is 9.98. The van der Waals surface area contributed by atoms with E-state index in [-0.39, 0.29) is 29.7 Å². The Hall–Kier alpha value is -2.64. The van der Waals surface area contributed by atoms with Gasteiger partial charge >= 0.3 is 0 Å². The minimum Gasteiger partial charge on any atom is -0.364 e. The molecule has 0 aromatic carbocycles. The lowest BCUT2D eigenvalue weighted by molar-refractivity contribution is 0.0861. The third-order valence-electron chi connectivity index (χ3n) is 3.18. The Balaban J connectivity index is 1.94. The van der Waals surface area contributed by atoms with Crippen LogP contribution in [0.3, 0.4) is 0 Å². The summed E-state index contributed by atoms with van der Waals surface area (Å²) in [7, 11) is 0. The summed E-state index contributed by atoms with van der Waals surface area (Å²) in [5.41, 5.74) is -0.233. The maximum absolute atomic E-state index is 12.0. The maximum Gasteiger partial charge on any atom is 0.273 e. The number of carbonyl (C=O) groups excluding carboxylic acids is 2. The third kappa shape index (κ3) is 3.68. The van der Waals surface area contributed by atoms with Gasteiger partial charge in [-0.15, -0.1) is 0 Å². The number of nitrogens with zero attached hydrogens (tertiary/aromatic N) is 2. The number of aromatic nitrogens is 2. The first-order valence-electron chi connectivity index (χ1n) is 6.45. The highest BCUT2D eigenvalue weighted by atomic mass is 16.5. The first kappa shape index (κ1) is 14.8. The fourth-order valence-corrected chi connectivity index (χ4v) is 1.62. The van der Waals surface area contributed by atoms with Crippen LogP contribution in [0.2, 0.25) is 0 Å². The molecule has 112 valence electrons. The molecule has 0 saturated carbocycles. The predicted molar refractivity (Wildman–Crippen MR) is 71.5 cm³/mol. The van der Waals surface area contributed by atoms with Gasteiger partial charge in [0, 0.05) is 18.7 Å². The first-order chi connectivity index (χ1) is 10.0. The second kappa shape index (κ2) is 6.21. The predicted octanol–water partition coefficient (Wildman–Crippen LogP) is 0.991. The van der Waals surface area contributed by atoms with E-state index < -0.39 is 5.54 Å². The van der Waals surface area contributed by atoms with Crippen molar-refractivity contribution in [2.24, 2.45) is 0 Å². The van der Waals surface area contributed by atoms with Gasteiger partial charge < -0.3 is 19.7 Å². The Morgan fingerprint density at radius 2 is 1.71 bits per heavy atom. The number of amides is 2. The molecule has 8 heteroatoms. The molecular formula is C13H16N4O4. The molecule has 0 bridgehead atoms. The van der Waals surface area contributed by atoms with Crippen LogP contribution >= 0.6 is 0 Å². The van der Waals surface area contributed by atoms with Gasteiger partial charge in [0.15, 0.2) is 11.4 Å². The minimum atomic E-state index is -0.616. The standard InChI is InChI=1S/C13H16N4O4/c1-3-13(2,15-12(19)10-5-7-21-17-10)8-14-11(18)9-4-6-20-16-9/h4-7H,3,8H2,1-2H3,(H,14,18)(H,15,19). The van der Waals surface area contributed by atoms with Gasteiger partial charge in [0.2, 0.25) is 0 Å². The summed E-state index contributed by atoms with van der Waals surface area (Å²) in [5.74, 6) is -0.720. The van der Waals surface area contributed by atoms with Gasteiger partial charge in [-0.1, -0.05) is 17.2 Å². The van der Waals surface area contributed by atoms with E-state index >= 15 is 0 Å². The van der Waals surface area contributed by atoms with Crippen molar-refractivity contribution in [3.8, 4) is 0 Å². The summed E-state index contributed by atoms with van der Waals surface area (Å²) in [6.07, 6.45) is 3.26. The zero-order chi connectivity index (χ0) is 15.3. The van der Waals surface area contributed by atoms with Crippen LogP contribution in [-0.2, 0) is 0 Å². The van der Waals surface area contributed by atoms with Gasteiger partial charge in [-0.2, -0.15) is 0 Å². The van der Waals surface area contributed by atoms with Crippen LogP contribution in [0.15, 0.2) is 33.7 Å². The monoisotopic (exact) mass is 292 g/mol. The molecule has 2 rings (SSSR count). The van der Waals surface area contributed by atoms with Crippen molar-refractivity contribution in [3.63, 3.8) is 0 Å². The summed E-state index contributed by atoms with van der Waals surface area (Å²) in [6.45, 7) is 3.98. The molecule has 2 heterocycles. The first-order valence-corrected chi connectivity index (χ1v) is 6.45. The Morgan fingerprint density at radius 1 is 1.14 bits per heavy atom. The van der Waals surface area contributed by atoms with E-state index in [2.05, 4.69) is 30.0 Å². The van der Waals surface area contributed by atoms with Gasteiger partial charge in [0.25, 0.3) is 11.8 Å². The van der Waals surface area contributed by atoms with E-state index in [4.69, 9.17) is 0 Å². The highest BCUT2D eigenvalue weighted by Crippen LogP contribution is 2.10. The molecule has 1 unspecified atom stereocenters. The van der Waals surface area contributed by atoms with Crippen LogP contribution in [-0.4, -0.2) is 34.2 Å². The molecule has 2 amide bonds. The van der Waals surface area contributed by atoms with E-state index in [1.54, 1.807) is 0 Å². The molecule has 0 radical (unpaired) electrons. The molecule has 2 aromatic rings. The quantitative estimate of drug-likeness (QED) is 0.821. The van der Waals surface area contributed by atoms with Gasteiger partial charge in [0.05, 0.1) is 5.54 Å². The molecular weight excluding hydrogens is 276 g/mol. The average Bonchev–Trinajstić information content (AvgIpc) is 3.16. The molecule has 1 atom stereocenters. The summed E-state index contributed by atoms with van der Waals surface area (Å²) >= 11 is 0. The number of nitrogens with one attached hydrogen (secondary N) is 2. The largest absolute Gasteiger partial charge is 0.364 e. The van der Waals surface area contributed by atoms with Gasteiger partial charge in [-0.05, 0) is 13.3 Å².